The maximum atomic E-state index is 12.7. The molecule has 0 spiro atoms. The Labute approximate surface area is 164 Å². The Balaban J connectivity index is 1.47. The van der Waals surface area contributed by atoms with Gasteiger partial charge in [-0.3, -0.25) is 9.78 Å². The van der Waals surface area contributed by atoms with Crippen molar-refractivity contribution in [1.82, 2.24) is 15.3 Å². The van der Waals surface area contributed by atoms with Crippen LogP contribution < -0.4 is 14.8 Å². The van der Waals surface area contributed by atoms with Gasteiger partial charge in [0, 0.05) is 23.5 Å². The van der Waals surface area contributed by atoms with Gasteiger partial charge in [0.2, 0.25) is 5.88 Å². The molecule has 1 aliphatic rings. The molecule has 7 heteroatoms. The molecule has 0 bridgehead atoms. The van der Waals surface area contributed by atoms with Crippen LogP contribution in [0.4, 0.5) is 0 Å². The first-order chi connectivity index (χ1) is 12.9. The number of nitrogens with zero attached hydrogens (tertiary/aromatic N) is 2. The Bertz CT molecular complexity index is 745. The average Bonchev–Trinajstić information content (AvgIpc) is 2.66. The fraction of sp³-hybridized carbons (Fsp3) is 0.450. The molecular weight excluding hydrogens is 366 g/mol. The Morgan fingerprint density at radius 2 is 1.85 bits per heavy atom. The predicted octanol–water partition coefficient (Wildman–Crippen LogP) is 3.79. The van der Waals surface area contributed by atoms with Gasteiger partial charge in [-0.1, -0.05) is 11.6 Å². The summed E-state index contributed by atoms with van der Waals surface area (Å²) in [5.41, 5.74) is -0.971. The third-order valence-electron chi connectivity index (χ3n) is 4.57. The van der Waals surface area contributed by atoms with E-state index in [1.807, 2.05) is 0 Å². The molecule has 1 aromatic heterocycles. The Hall–Kier alpha value is -2.34. The fourth-order valence-electron chi connectivity index (χ4n) is 3.04. The van der Waals surface area contributed by atoms with Crippen LogP contribution in [0, 0.1) is 0 Å². The highest BCUT2D eigenvalue weighted by Gasteiger charge is 2.33. The van der Waals surface area contributed by atoms with Crippen LogP contribution in [0.5, 0.6) is 11.6 Å². The molecule has 1 amide bonds. The minimum absolute atomic E-state index is 0.105. The summed E-state index contributed by atoms with van der Waals surface area (Å²) in [5.74, 6) is 1.03. The number of benzene rings is 1. The maximum Gasteiger partial charge on any atom is 0.263 e. The molecular formula is C20H24ClN3O3. The van der Waals surface area contributed by atoms with Gasteiger partial charge in [-0.05, 0) is 63.8 Å². The standard InChI is InChI=1S/C20H24ClN3O3/c1-20(2,27-17-7-3-14(21)4-8-17)19(25)24-15-5-9-16(10-6-15)26-18-13-22-11-12-23-18/h3-4,7-8,11-13,15-16H,5-6,9-10H2,1-2H3,(H,24,25). The van der Waals surface area contributed by atoms with Gasteiger partial charge in [0.1, 0.15) is 11.9 Å². The summed E-state index contributed by atoms with van der Waals surface area (Å²) in [6.45, 7) is 3.53. The maximum absolute atomic E-state index is 12.7. The summed E-state index contributed by atoms with van der Waals surface area (Å²) < 4.78 is 11.7. The lowest BCUT2D eigenvalue weighted by Crippen LogP contribution is -2.51. The van der Waals surface area contributed by atoms with Gasteiger partial charge in [0.25, 0.3) is 5.91 Å². The van der Waals surface area contributed by atoms with Crippen LogP contribution in [-0.4, -0.2) is 33.6 Å². The van der Waals surface area contributed by atoms with E-state index in [-0.39, 0.29) is 18.1 Å². The number of hydrogen-bond acceptors (Lipinski definition) is 5. The van der Waals surface area contributed by atoms with E-state index in [9.17, 15) is 4.79 Å². The fourth-order valence-corrected chi connectivity index (χ4v) is 3.17. The Morgan fingerprint density at radius 3 is 2.48 bits per heavy atom. The first-order valence-corrected chi connectivity index (χ1v) is 9.48. The van der Waals surface area contributed by atoms with Gasteiger partial charge < -0.3 is 14.8 Å². The van der Waals surface area contributed by atoms with E-state index < -0.39 is 5.60 Å². The van der Waals surface area contributed by atoms with E-state index in [0.717, 1.165) is 25.7 Å². The molecule has 1 fully saturated rings. The number of aromatic nitrogens is 2. The topological polar surface area (TPSA) is 73.3 Å². The highest BCUT2D eigenvalue weighted by Crippen LogP contribution is 2.24. The van der Waals surface area contributed by atoms with Crippen molar-refractivity contribution < 1.29 is 14.3 Å². The molecule has 0 aliphatic heterocycles. The van der Waals surface area contributed by atoms with Crippen LogP contribution >= 0.6 is 11.6 Å². The number of carbonyl (C=O) groups is 1. The third kappa shape index (κ3) is 5.57. The molecule has 0 unspecified atom stereocenters. The van der Waals surface area contributed by atoms with Crippen molar-refractivity contribution in [1.29, 1.82) is 0 Å². The lowest BCUT2D eigenvalue weighted by molar-refractivity contribution is -0.135. The second-order valence-electron chi connectivity index (χ2n) is 7.17. The molecule has 1 saturated carbocycles. The number of hydrogen-bond donors (Lipinski definition) is 1. The average molecular weight is 390 g/mol. The molecule has 6 nitrogen and oxygen atoms in total. The van der Waals surface area contributed by atoms with Crippen LogP contribution in [0.25, 0.3) is 0 Å². The number of halogens is 1. The molecule has 0 radical (unpaired) electrons. The largest absolute Gasteiger partial charge is 0.478 e. The summed E-state index contributed by atoms with van der Waals surface area (Å²) in [5, 5.41) is 3.73. The quantitative estimate of drug-likeness (QED) is 0.813. The Morgan fingerprint density at radius 1 is 1.15 bits per heavy atom. The van der Waals surface area contributed by atoms with Crippen molar-refractivity contribution in [2.45, 2.75) is 57.3 Å². The van der Waals surface area contributed by atoms with E-state index in [1.54, 1.807) is 56.7 Å². The molecule has 1 aromatic carbocycles. The predicted molar refractivity (Wildman–Crippen MR) is 103 cm³/mol. The van der Waals surface area contributed by atoms with E-state index in [1.165, 1.54) is 0 Å². The Kier molecular flexibility index (Phi) is 6.16. The molecule has 144 valence electrons. The smallest absolute Gasteiger partial charge is 0.263 e. The number of ether oxygens (including phenoxy) is 2. The van der Waals surface area contributed by atoms with E-state index in [0.29, 0.717) is 16.7 Å². The molecule has 0 atom stereocenters. The number of rotatable bonds is 6. The zero-order valence-electron chi connectivity index (χ0n) is 15.5. The first kappa shape index (κ1) is 19.4. The van der Waals surface area contributed by atoms with E-state index >= 15 is 0 Å². The lowest BCUT2D eigenvalue weighted by atomic mass is 9.92. The van der Waals surface area contributed by atoms with E-state index in [2.05, 4.69) is 15.3 Å². The van der Waals surface area contributed by atoms with Crippen molar-refractivity contribution in [2.75, 3.05) is 0 Å². The SMILES string of the molecule is CC(C)(Oc1ccc(Cl)cc1)C(=O)NC1CCC(Oc2cnccn2)CC1. The molecule has 2 aromatic rings. The van der Waals surface area contributed by atoms with Gasteiger partial charge in [-0.25, -0.2) is 4.98 Å². The van der Waals surface area contributed by atoms with Crippen LogP contribution in [0.1, 0.15) is 39.5 Å². The summed E-state index contributed by atoms with van der Waals surface area (Å²) in [6.07, 6.45) is 8.39. The van der Waals surface area contributed by atoms with Crippen molar-refractivity contribution in [3.8, 4) is 11.6 Å². The summed E-state index contributed by atoms with van der Waals surface area (Å²) in [7, 11) is 0. The lowest BCUT2D eigenvalue weighted by Gasteiger charge is -2.32. The highest BCUT2D eigenvalue weighted by atomic mass is 35.5. The molecule has 27 heavy (non-hydrogen) atoms. The molecule has 3 rings (SSSR count). The molecule has 1 aliphatic carbocycles. The summed E-state index contributed by atoms with van der Waals surface area (Å²) in [6, 6.07) is 7.11. The molecule has 0 saturated heterocycles. The minimum Gasteiger partial charge on any atom is -0.478 e. The monoisotopic (exact) mass is 389 g/mol. The first-order valence-electron chi connectivity index (χ1n) is 9.10. The van der Waals surface area contributed by atoms with Crippen LogP contribution in [0.3, 0.4) is 0 Å². The van der Waals surface area contributed by atoms with Crippen molar-refractivity contribution in [2.24, 2.45) is 0 Å². The molecule has 1 heterocycles. The number of amides is 1. The zero-order chi connectivity index (χ0) is 19.3. The van der Waals surface area contributed by atoms with Gasteiger partial charge in [-0.2, -0.15) is 0 Å². The minimum atomic E-state index is -0.971. The van der Waals surface area contributed by atoms with Crippen molar-refractivity contribution in [3.63, 3.8) is 0 Å². The second-order valence-corrected chi connectivity index (χ2v) is 7.61. The number of nitrogens with one attached hydrogen (secondary N) is 1. The summed E-state index contributed by atoms with van der Waals surface area (Å²) >= 11 is 5.88. The second kappa shape index (κ2) is 8.57. The van der Waals surface area contributed by atoms with Gasteiger partial charge in [0.05, 0.1) is 6.20 Å². The van der Waals surface area contributed by atoms with Crippen LogP contribution in [-0.2, 0) is 4.79 Å². The highest BCUT2D eigenvalue weighted by molar-refractivity contribution is 6.30. The van der Waals surface area contributed by atoms with Gasteiger partial charge in [0.15, 0.2) is 5.60 Å². The normalized spacial score (nSPS) is 20.0. The molecule has 1 N–H and O–H groups in total. The zero-order valence-corrected chi connectivity index (χ0v) is 16.3. The van der Waals surface area contributed by atoms with Gasteiger partial charge >= 0.3 is 0 Å². The number of carbonyl (C=O) groups excluding carboxylic acids is 1. The van der Waals surface area contributed by atoms with Crippen LogP contribution in [0.15, 0.2) is 42.9 Å². The van der Waals surface area contributed by atoms with E-state index in [4.69, 9.17) is 21.1 Å². The van der Waals surface area contributed by atoms with Gasteiger partial charge in [-0.15, -0.1) is 0 Å². The summed E-state index contributed by atoms with van der Waals surface area (Å²) in [4.78, 5) is 20.8. The van der Waals surface area contributed by atoms with Crippen molar-refractivity contribution >= 4 is 17.5 Å². The van der Waals surface area contributed by atoms with Crippen molar-refractivity contribution in [3.05, 3.63) is 47.9 Å². The van der Waals surface area contributed by atoms with Crippen LogP contribution in [0.2, 0.25) is 5.02 Å². The third-order valence-corrected chi connectivity index (χ3v) is 4.82.